The standard InChI is InChI=1S/C24H30O8/c1-23-7-5-12(25)9-11(23)3-4-13-15(23)6-8-24(2)16(13)10-14(17(20(27)28)21(29)30)18(24)19(26)22(31)32/h5,7,9,13-18,22,31-32H,3-4,6,8,10H2,1-2H3,(H,27,28)(H,29,30)/t13-,14?,15+,16+,18-,23+,24+/m1/s1. The van der Waals surface area contributed by atoms with Gasteiger partial charge >= 0.3 is 11.9 Å². The fourth-order valence-corrected chi connectivity index (χ4v) is 7.79. The van der Waals surface area contributed by atoms with E-state index in [1.807, 2.05) is 13.0 Å². The van der Waals surface area contributed by atoms with Crippen molar-refractivity contribution < 1.29 is 39.6 Å². The van der Waals surface area contributed by atoms with E-state index in [4.69, 9.17) is 0 Å². The molecule has 0 heterocycles. The molecule has 8 nitrogen and oxygen atoms in total. The van der Waals surface area contributed by atoms with E-state index in [2.05, 4.69) is 6.92 Å². The number of aliphatic hydroxyl groups is 2. The van der Waals surface area contributed by atoms with E-state index in [0.29, 0.717) is 12.8 Å². The normalized spacial score (nSPS) is 40.5. The Labute approximate surface area is 186 Å². The maximum Gasteiger partial charge on any atom is 0.318 e. The molecule has 1 unspecified atom stereocenters. The fourth-order valence-electron chi connectivity index (χ4n) is 7.79. The van der Waals surface area contributed by atoms with E-state index in [1.165, 1.54) is 0 Å². The van der Waals surface area contributed by atoms with Crippen LogP contribution in [-0.4, -0.2) is 50.2 Å². The van der Waals surface area contributed by atoms with Crippen LogP contribution < -0.4 is 0 Å². The van der Waals surface area contributed by atoms with Crippen LogP contribution in [0.3, 0.4) is 0 Å². The zero-order valence-corrected chi connectivity index (χ0v) is 18.2. The van der Waals surface area contributed by atoms with E-state index in [9.17, 15) is 39.6 Å². The van der Waals surface area contributed by atoms with Gasteiger partial charge in [0, 0.05) is 11.3 Å². The van der Waals surface area contributed by atoms with Crippen molar-refractivity contribution >= 4 is 23.5 Å². The van der Waals surface area contributed by atoms with Crippen molar-refractivity contribution in [2.75, 3.05) is 0 Å². The molecule has 32 heavy (non-hydrogen) atoms. The number of carbonyl (C=O) groups is 4. The second-order valence-corrected chi connectivity index (χ2v) is 10.5. The van der Waals surface area contributed by atoms with Crippen LogP contribution >= 0.6 is 0 Å². The first-order valence-electron chi connectivity index (χ1n) is 11.2. The van der Waals surface area contributed by atoms with Gasteiger partial charge in [-0.1, -0.05) is 25.5 Å². The molecule has 3 fully saturated rings. The van der Waals surface area contributed by atoms with Crippen LogP contribution in [0.2, 0.25) is 0 Å². The zero-order valence-electron chi connectivity index (χ0n) is 18.2. The Kier molecular flexibility index (Phi) is 5.45. The third-order valence-electron chi connectivity index (χ3n) is 9.18. The lowest BCUT2D eigenvalue weighted by molar-refractivity contribution is -0.164. The van der Waals surface area contributed by atoms with Crippen LogP contribution in [0.25, 0.3) is 0 Å². The van der Waals surface area contributed by atoms with Crippen molar-refractivity contribution in [2.24, 2.45) is 46.3 Å². The number of allylic oxidation sites excluding steroid dienone is 4. The van der Waals surface area contributed by atoms with Crippen molar-refractivity contribution in [2.45, 2.75) is 52.2 Å². The zero-order chi connectivity index (χ0) is 23.6. The number of fused-ring (bicyclic) bond motifs is 5. The van der Waals surface area contributed by atoms with Crippen LogP contribution in [-0.2, 0) is 19.2 Å². The summed E-state index contributed by atoms with van der Waals surface area (Å²) in [5.41, 5.74) is 0.0732. The van der Waals surface area contributed by atoms with Gasteiger partial charge in [0.05, 0.1) is 0 Å². The highest BCUT2D eigenvalue weighted by Gasteiger charge is 2.65. The average molecular weight is 446 g/mol. The lowest BCUT2D eigenvalue weighted by Crippen LogP contribution is -2.51. The highest BCUT2D eigenvalue weighted by atomic mass is 16.5. The molecular formula is C24H30O8. The van der Waals surface area contributed by atoms with E-state index in [0.717, 1.165) is 18.4 Å². The summed E-state index contributed by atoms with van der Waals surface area (Å²) in [6.07, 6.45) is 6.00. The summed E-state index contributed by atoms with van der Waals surface area (Å²) < 4.78 is 0. The molecular weight excluding hydrogens is 416 g/mol. The molecule has 0 bridgehead atoms. The monoisotopic (exact) mass is 446 g/mol. The number of carbonyl (C=O) groups excluding carboxylic acids is 2. The number of Topliss-reactive ketones (excluding diaryl/α,β-unsaturated/α-hetero) is 1. The van der Waals surface area contributed by atoms with Crippen LogP contribution in [0.1, 0.15) is 46.0 Å². The van der Waals surface area contributed by atoms with Crippen LogP contribution in [0, 0.1) is 46.3 Å². The van der Waals surface area contributed by atoms with Crippen molar-refractivity contribution in [3.8, 4) is 0 Å². The molecule has 4 aliphatic carbocycles. The van der Waals surface area contributed by atoms with Gasteiger partial charge in [-0.15, -0.1) is 0 Å². The average Bonchev–Trinajstić information content (AvgIpc) is 2.99. The first kappa shape index (κ1) is 22.9. The van der Waals surface area contributed by atoms with Gasteiger partial charge in [0.2, 0.25) is 6.29 Å². The summed E-state index contributed by atoms with van der Waals surface area (Å²) in [7, 11) is 0. The van der Waals surface area contributed by atoms with Gasteiger partial charge in [0.1, 0.15) is 0 Å². The Balaban J connectivity index is 1.76. The minimum absolute atomic E-state index is 0.0224. The van der Waals surface area contributed by atoms with E-state index < -0.39 is 47.2 Å². The summed E-state index contributed by atoms with van der Waals surface area (Å²) in [5.74, 6) is -7.61. The molecule has 0 spiro atoms. The Morgan fingerprint density at radius 1 is 1.06 bits per heavy atom. The van der Waals surface area contributed by atoms with Gasteiger partial charge < -0.3 is 20.4 Å². The summed E-state index contributed by atoms with van der Waals surface area (Å²) in [5, 5.41) is 38.6. The largest absolute Gasteiger partial charge is 0.481 e. The fraction of sp³-hybridized carbons (Fsp3) is 0.667. The molecule has 3 saturated carbocycles. The Hall–Kier alpha value is -2.32. The maximum atomic E-state index is 12.9. The van der Waals surface area contributed by atoms with Crippen molar-refractivity contribution in [1.29, 1.82) is 0 Å². The third kappa shape index (κ3) is 3.18. The molecule has 8 heteroatoms. The number of hydrogen-bond donors (Lipinski definition) is 4. The Morgan fingerprint density at radius 2 is 1.72 bits per heavy atom. The number of ketones is 2. The molecule has 0 amide bonds. The topological polar surface area (TPSA) is 149 Å². The molecule has 0 aromatic carbocycles. The smallest absolute Gasteiger partial charge is 0.318 e. The number of aliphatic carboxylic acids is 2. The summed E-state index contributed by atoms with van der Waals surface area (Å²) in [6, 6.07) is 0. The Bertz CT molecular complexity index is 918. The number of hydrogen-bond acceptors (Lipinski definition) is 6. The van der Waals surface area contributed by atoms with E-state index >= 15 is 0 Å². The van der Waals surface area contributed by atoms with Crippen LogP contribution in [0.5, 0.6) is 0 Å². The number of rotatable bonds is 5. The number of aliphatic hydroxyl groups excluding tert-OH is 1. The van der Waals surface area contributed by atoms with E-state index in [1.54, 1.807) is 12.2 Å². The van der Waals surface area contributed by atoms with Gasteiger partial charge in [0.25, 0.3) is 0 Å². The number of carboxylic acid groups (broad SMARTS) is 2. The van der Waals surface area contributed by atoms with Gasteiger partial charge in [-0.05, 0) is 73.3 Å². The summed E-state index contributed by atoms with van der Waals surface area (Å²) >= 11 is 0. The Morgan fingerprint density at radius 3 is 2.31 bits per heavy atom. The third-order valence-corrected chi connectivity index (χ3v) is 9.18. The second kappa shape index (κ2) is 7.63. The molecule has 0 aromatic heterocycles. The molecule has 4 aliphatic rings. The van der Waals surface area contributed by atoms with Crippen molar-refractivity contribution in [1.82, 2.24) is 0 Å². The SMILES string of the molecule is C[C@]12CC[C@H]3[C@@H](CCC4=CC(=O)C=C[C@@]43C)[C@@H]1CC(C(C(=O)O)C(=O)O)[C@@H]2C(=O)C(O)O. The van der Waals surface area contributed by atoms with Gasteiger partial charge in [-0.2, -0.15) is 0 Å². The molecule has 4 rings (SSSR count). The first-order valence-corrected chi connectivity index (χ1v) is 11.2. The van der Waals surface area contributed by atoms with Gasteiger partial charge in [0.15, 0.2) is 17.5 Å². The minimum Gasteiger partial charge on any atom is -0.481 e. The number of carboxylic acids is 2. The molecule has 0 aromatic rings. The maximum absolute atomic E-state index is 12.9. The lowest BCUT2D eigenvalue weighted by atomic mass is 9.47. The minimum atomic E-state index is -2.27. The molecule has 0 aliphatic heterocycles. The first-order chi connectivity index (χ1) is 14.9. The van der Waals surface area contributed by atoms with Gasteiger partial charge in [-0.25, -0.2) is 0 Å². The molecule has 7 atom stereocenters. The summed E-state index contributed by atoms with van der Waals surface area (Å²) in [6.45, 7) is 4.00. The predicted molar refractivity (Wildman–Crippen MR) is 111 cm³/mol. The highest BCUT2D eigenvalue weighted by Crippen LogP contribution is 2.68. The van der Waals surface area contributed by atoms with Gasteiger partial charge in [-0.3, -0.25) is 19.2 Å². The second-order valence-electron chi connectivity index (χ2n) is 10.5. The lowest BCUT2D eigenvalue weighted by Gasteiger charge is -2.57. The molecule has 0 saturated heterocycles. The summed E-state index contributed by atoms with van der Waals surface area (Å²) in [4.78, 5) is 48.6. The van der Waals surface area contributed by atoms with Crippen molar-refractivity contribution in [3.05, 3.63) is 23.8 Å². The van der Waals surface area contributed by atoms with Crippen molar-refractivity contribution in [3.63, 3.8) is 0 Å². The quantitative estimate of drug-likeness (QED) is 0.369. The molecule has 0 radical (unpaired) electrons. The molecule has 4 N–H and O–H groups in total. The molecule has 174 valence electrons. The highest BCUT2D eigenvalue weighted by molar-refractivity contribution is 6.01. The predicted octanol–water partition coefficient (Wildman–Crippen LogP) is 1.80. The van der Waals surface area contributed by atoms with Crippen LogP contribution in [0.15, 0.2) is 23.8 Å². The van der Waals surface area contributed by atoms with E-state index in [-0.39, 0.29) is 35.4 Å². The van der Waals surface area contributed by atoms with Crippen LogP contribution in [0.4, 0.5) is 0 Å².